The van der Waals surface area contributed by atoms with Crippen molar-refractivity contribution in [2.45, 2.75) is 32.1 Å². The van der Waals surface area contributed by atoms with Crippen molar-refractivity contribution in [3.05, 3.63) is 70.4 Å². The molecule has 0 spiro atoms. The van der Waals surface area contributed by atoms with Crippen LogP contribution in [0.25, 0.3) is 11.3 Å². The molecule has 1 aromatic heterocycles. The van der Waals surface area contributed by atoms with E-state index < -0.39 is 5.41 Å². The summed E-state index contributed by atoms with van der Waals surface area (Å²) in [5, 5.41) is 7.92. The molecule has 1 heterocycles. The van der Waals surface area contributed by atoms with Crippen LogP contribution >= 0.6 is 11.6 Å². The van der Waals surface area contributed by atoms with Crippen molar-refractivity contribution in [3.8, 4) is 11.3 Å². The topological polar surface area (TPSA) is 55.1 Å². The fraction of sp³-hybridized carbons (Fsp3) is 0.238. The molecule has 0 saturated heterocycles. The van der Waals surface area contributed by atoms with Crippen LogP contribution in [0.15, 0.2) is 53.1 Å². The first kappa shape index (κ1) is 16.9. The molecule has 1 amide bonds. The predicted molar refractivity (Wildman–Crippen MR) is 102 cm³/mol. The highest BCUT2D eigenvalue weighted by molar-refractivity contribution is 6.30. The molecule has 4 nitrogen and oxygen atoms in total. The fourth-order valence-corrected chi connectivity index (χ4v) is 3.21. The lowest BCUT2D eigenvalue weighted by Gasteiger charge is -2.14. The van der Waals surface area contributed by atoms with E-state index in [0.717, 1.165) is 35.2 Å². The van der Waals surface area contributed by atoms with Crippen LogP contribution in [0.4, 0.5) is 5.69 Å². The van der Waals surface area contributed by atoms with Gasteiger partial charge in [0.25, 0.3) is 0 Å². The van der Waals surface area contributed by atoms with Crippen molar-refractivity contribution in [2.75, 3.05) is 5.32 Å². The average Bonchev–Trinajstić information content (AvgIpc) is 3.29. The molecule has 0 atom stereocenters. The Morgan fingerprint density at radius 2 is 1.85 bits per heavy atom. The standard InChI is InChI=1S/C21H19ClN2O2/c1-13-3-4-14(2)17(11-13)23-20(25)21(9-10-21)19-12-18(26-24-19)15-5-7-16(22)8-6-15/h3-8,11-12H,9-10H2,1-2H3,(H,23,25). The lowest BCUT2D eigenvalue weighted by atomic mass is 9.99. The van der Waals surface area contributed by atoms with Crippen LogP contribution in [0.5, 0.6) is 0 Å². The Kier molecular flexibility index (Phi) is 4.08. The minimum Gasteiger partial charge on any atom is -0.356 e. The minimum absolute atomic E-state index is 0.0258. The third kappa shape index (κ3) is 3.01. The Balaban J connectivity index is 1.58. The predicted octanol–water partition coefficient (Wildman–Crippen LogP) is 5.28. The van der Waals surface area contributed by atoms with Crippen molar-refractivity contribution in [1.82, 2.24) is 5.16 Å². The Bertz CT molecular complexity index is 972. The van der Waals surface area contributed by atoms with Gasteiger partial charge in [0, 0.05) is 22.3 Å². The summed E-state index contributed by atoms with van der Waals surface area (Å²) in [6, 6.07) is 15.3. The number of anilines is 1. The Labute approximate surface area is 157 Å². The maximum Gasteiger partial charge on any atom is 0.236 e. The summed E-state index contributed by atoms with van der Waals surface area (Å²) in [6.45, 7) is 4.00. The SMILES string of the molecule is Cc1ccc(C)c(NC(=O)C2(c3cc(-c4ccc(Cl)cc4)on3)CC2)c1. The van der Waals surface area contributed by atoms with E-state index in [4.69, 9.17) is 16.1 Å². The van der Waals surface area contributed by atoms with Gasteiger partial charge in [-0.25, -0.2) is 0 Å². The number of benzene rings is 2. The van der Waals surface area contributed by atoms with Crippen molar-refractivity contribution < 1.29 is 9.32 Å². The average molecular weight is 367 g/mol. The molecular weight excluding hydrogens is 348 g/mol. The zero-order chi connectivity index (χ0) is 18.3. The van der Waals surface area contributed by atoms with Crippen LogP contribution in [-0.2, 0) is 10.2 Å². The highest BCUT2D eigenvalue weighted by Gasteiger charge is 2.53. The van der Waals surface area contributed by atoms with Gasteiger partial charge >= 0.3 is 0 Å². The maximum atomic E-state index is 12.9. The molecule has 132 valence electrons. The number of aromatic nitrogens is 1. The van der Waals surface area contributed by atoms with Gasteiger partial charge < -0.3 is 9.84 Å². The number of nitrogens with zero attached hydrogens (tertiary/aromatic N) is 1. The van der Waals surface area contributed by atoms with E-state index in [0.29, 0.717) is 16.5 Å². The van der Waals surface area contributed by atoms with Gasteiger partial charge in [0.2, 0.25) is 5.91 Å². The number of nitrogens with one attached hydrogen (secondary N) is 1. The summed E-state index contributed by atoms with van der Waals surface area (Å²) in [4.78, 5) is 12.9. The smallest absolute Gasteiger partial charge is 0.236 e. The number of hydrogen-bond donors (Lipinski definition) is 1. The van der Waals surface area contributed by atoms with Gasteiger partial charge in [-0.2, -0.15) is 0 Å². The summed E-state index contributed by atoms with van der Waals surface area (Å²) in [7, 11) is 0. The minimum atomic E-state index is -0.593. The molecule has 2 aromatic carbocycles. The van der Waals surface area contributed by atoms with Crippen LogP contribution in [0, 0.1) is 13.8 Å². The molecule has 1 saturated carbocycles. The number of halogens is 1. The second-order valence-electron chi connectivity index (χ2n) is 6.94. The Hall–Kier alpha value is -2.59. The molecule has 26 heavy (non-hydrogen) atoms. The molecule has 3 aromatic rings. The van der Waals surface area contributed by atoms with E-state index in [-0.39, 0.29) is 5.91 Å². The monoisotopic (exact) mass is 366 g/mol. The molecule has 1 aliphatic rings. The van der Waals surface area contributed by atoms with E-state index in [9.17, 15) is 4.79 Å². The molecule has 5 heteroatoms. The highest BCUT2D eigenvalue weighted by atomic mass is 35.5. The molecule has 0 bridgehead atoms. The zero-order valence-corrected chi connectivity index (χ0v) is 15.4. The first-order valence-corrected chi connectivity index (χ1v) is 8.98. The van der Waals surface area contributed by atoms with Crippen LogP contribution in [0.2, 0.25) is 5.02 Å². The van der Waals surface area contributed by atoms with Crippen molar-refractivity contribution >= 4 is 23.2 Å². The third-order valence-electron chi connectivity index (χ3n) is 4.96. The first-order valence-electron chi connectivity index (χ1n) is 8.60. The summed E-state index contributed by atoms with van der Waals surface area (Å²) in [6.07, 6.45) is 1.55. The number of carbonyl (C=O) groups is 1. The summed E-state index contributed by atoms with van der Waals surface area (Å²) >= 11 is 5.93. The van der Waals surface area contributed by atoms with Gasteiger partial charge in [-0.05, 0) is 68.1 Å². The Morgan fingerprint density at radius 3 is 2.54 bits per heavy atom. The highest BCUT2D eigenvalue weighted by Crippen LogP contribution is 2.49. The summed E-state index contributed by atoms with van der Waals surface area (Å²) in [5.41, 5.74) is 3.99. The number of carbonyl (C=O) groups excluding carboxylic acids is 1. The molecule has 1 fully saturated rings. The van der Waals surface area contributed by atoms with Gasteiger partial charge in [0.15, 0.2) is 5.76 Å². The van der Waals surface area contributed by atoms with E-state index in [1.54, 1.807) is 12.1 Å². The summed E-state index contributed by atoms with van der Waals surface area (Å²) < 4.78 is 5.49. The quantitative estimate of drug-likeness (QED) is 0.683. The largest absolute Gasteiger partial charge is 0.356 e. The van der Waals surface area contributed by atoms with E-state index >= 15 is 0 Å². The van der Waals surface area contributed by atoms with Gasteiger partial charge in [-0.15, -0.1) is 0 Å². The van der Waals surface area contributed by atoms with E-state index in [1.165, 1.54) is 0 Å². The number of hydrogen-bond acceptors (Lipinski definition) is 3. The Morgan fingerprint density at radius 1 is 1.12 bits per heavy atom. The first-order chi connectivity index (χ1) is 12.5. The maximum absolute atomic E-state index is 12.9. The van der Waals surface area contributed by atoms with Crippen LogP contribution in [-0.4, -0.2) is 11.1 Å². The van der Waals surface area contributed by atoms with Crippen molar-refractivity contribution in [2.24, 2.45) is 0 Å². The lowest BCUT2D eigenvalue weighted by Crippen LogP contribution is -2.28. The number of amides is 1. The van der Waals surface area contributed by atoms with Gasteiger partial charge in [-0.1, -0.05) is 28.9 Å². The zero-order valence-electron chi connectivity index (χ0n) is 14.7. The second-order valence-corrected chi connectivity index (χ2v) is 7.37. The van der Waals surface area contributed by atoms with Crippen LogP contribution in [0.1, 0.15) is 29.7 Å². The molecule has 1 aliphatic carbocycles. The third-order valence-corrected chi connectivity index (χ3v) is 5.21. The van der Waals surface area contributed by atoms with E-state index in [1.807, 2.05) is 50.2 Å². The van der Waals surface area contributed by atoms with Crippen molar-refractivity contribution in [1.29, 1.82) is 0 Å². The van der Waals surface area contributed by atoms with Crippen LogP contribution < -0.4 is 5.32 Å². The van der Waals surface area contributed by atoms with E-state index in [2.05, 4.69) is 10.5 Å². The normalized spacial score (nSPS) is 14.9. The molecule has 0 unspecified atom stereocenters. The van der Waals surface area contributed by atoms with Gasteiger partial charge in [-0.3, -0.25) is 4.79 Å². The molecule has 1 N–H and O–H groups in total. The number of rotatable bonds is 4. The second kappa shape index (κ2) is 6.29. The summed E-state index contributed by atoms with van der Waals surface area (Å²) in [5.74, 6) is 0.615. The molecule has 4 rings (SSSR count). The number of aryl methyl sites for hydroxylation is 2. The van der Waals surface area contributed by atoms with Crippen molar-refractivity contribution in [3.63, 3.8) is 0 Å². The lowest BCUT2D eigenvalue weighted by molar-refractivity contribution is -0.118. The van der Waals surface area contributed by atoms with Crippen LogP contribution in [0.3, 0.4) is 0 Å². The molecule has 0 aliphatic heterocycles. The van der Waals surface area contributed by atoms with Gasteiger partial charge in [0.05, 0.1) is 11.1 Å². The van der Waals surface area contributed by atoms with Gasteiger partial charge in [0.1, 0.15) is 0 Å². The molecular formula is C21H19ClN2O2. The fourth-order valence-electron chi connectivity index (χ4n) is 3.09. The molecule has 0 radical (unpaired) electrons.